The number of carbonyl (C=O) groups excluding carboxylic acids is 2. The molecule has 7 nitrogen and oxygen atoms in total. The summed E-state index contributed by atoms with van der Waals surface area (Å²) in [5, 5.41) is 2.80. The average Bonchev–Trinajstić information content (AvgIpc) is 2.79. The van der Waals surface area contributed by atoms with Crippen molar-refractivity contribution in [3.63, 3.8) is 0 Å². The molecule has 2 aromatic carbocycles. The third-order valence-electron chi connectivity index (χ3n) is 5.46. The molecule has 186 valence electrons. The van der Waals surface area contributed by atoms with Gasteiger partial charge in [-0.2, -0.15) is 0 Å². The van der Waals surface area contributed by atoms with Crippen molar-refractivity contribution in [2.45, 2.75) is 52.6 Å². The van der Waals surface area contributed by atoms with Crippen molar-refractivity contribution in [2.75, 3.05) is 23.7 Å². The molecule has 0 aliphatic heterocycles. The van der Waals surface area contributed by atoms with Crippen LogP contribution in [0.15, 0.2) is 48.5 Å². The predicted molar refractivity (Wildman–Crippen MR) is 132 cm³/mol. The number of sulfonamides is 1. The van der Waals surface area contributed by atoms with Gasteiger partial charge in [-0.1, -0.05) is 36.8 Å². The van der Waals surface area contributed by atoms with E-state index in [0.29, 0.717) is 17.8 Å². The molecule has 0 spiro atoms. The van der Waals surface area contributed by atoms with Gasteiger partial charge in [0.05, 0.1) is 11.9 Å². The van der Waals surface area contributed by atoms with Gasteiger partial charge < -0.3 is 10.2 Å². The summed E-state index contributed by atoms with van der Waals surface area (Å²) in [4.78, 5) is 27.2. The number of nitrogens with one attached hydrogen (secondary N) is 1. The Labute approximate surface area is 202 Å². The quantitative estimate of drug-likeness (QED) is 0.491. The van der Waals surface area contributed by atoms with Gasteiger partial charge in [0.15, 0.2) is 0 Å². The molecule has 0 heterocycles. The molecule has 0 radical (unpaired) electrons. The molecule has 9 heteroatoms. The maximum atomic E-state index is 13.3. The fourth-order valence-corrected chi connectivity index (χ4v) is 4.45. The number of anilines is 1. The van der Waals surface area contributed by atoms with Crippen molar-refractivity contribution in [2.24, 2.45) is 0 Å². The Morgan fingerprint density at radius 1 is 1.06 bits per heavy atom. The van der Waals surface area contributed by atoms with E-state index in [1.165, 1.54) is 21.3 Å². The van der Waals surface area contributed by atoms with Gasteiger partial charge in [-0.3, -0.25) is 13.9 Å². The Morgan fingerprint density at radius 2 is 1.68 bits per heavy atom. The second-order valence-corrected chi connectivity index (χ2v) is 10.3. The lowest BCUT2D eigenvalue weighted by molar-refractivity contribution is -0.140. The maximum absolute atomic E-state index is 13.3. The first-order valence-corrected chi connectivity index (χ1v) is 13.2. The van der Waals surface area contributed by atoms with Gasteiger partial charge in [-0.25, -0.2) is 12.8 Å². The monoisotopic (exact) mass is 491 g/mol. The Kier molecular flexibility index (Phi) is 10.0. The van der Waals surface area contributed by atoms with Gasteiger partial charge >= 0.3 is 0 Å². The lowest BCUT2D eigenvalue weighted by Crippen LogP contribution is -2.47. The van der Waals surface area contributed by atoms with Crippen molar-refractivity contribution in [3.8, 4) is 0 Å². The minimum atomic E-state index is -3.53. The largest absolute Gasteiger partial charge is 0.354 e. The van der Waals surface area contributed by atoms with E-state index in [0.717, 1.165) is 18.2 Å². The molecule has 34 heavy (non-hydrogen) atoms. The summed E-state index contributed by atoms with van der Waals surface area (Å²) in [5.74, 6) is -0.928. The molecule has 0 aliphatic rings. The first kappa shape index (κ1) is 27.3. The maximum Gasteiger partial charge on any atom is 0.242 e. The summed E-state index contributed by atoms with van der Waals surface area (Å²) in [7, 11) is -3.53. The molecule has 0 saturated heterocycles. The van der Waals surface area contributed by atoms with Crippen LogP contribution in [0.4, 0.5) is 10.1 Å². The van der Waals surface area contributed by atoms with Crippen LogP contribution in [0.2, 0.25) is 0 Å². The first-order chi connectivity index (χ1) is 16.0. The highest BCUT2D eigenvalue weighted by Crippen LogP contribution is 2.20. The zero-order chi connectivity index (χ0) is 25.3. The molecule has 2 aromatic rings. The molecule has 0 aromatic heterocycles. The van der Waals surface area contributed by atoms with Gasteiger partial charge in [0.25, 0.3) is 0 Å². The van der Waals surface area contributed by atoms with Crippen molar-refractivity contribution >= 4 is 27.5 Å². The lowest BCUT2D eigenvalue weighted by Gasteiger charge is -2.29. The van der Waals surface area contributed by atoms with Crippen LogP contribution >= 0.6 is 0 Å². The summed E-state index contributed by atoms with van der Waals surface area (Å²) in [6.45, 7) is 6.29. The van der Waals surface area contributed by atoms with E-state index < -0.39 is 16.1 Å². The van der Waals surface area contributed by atoms with Crippen LogP contribution in [-0.4, -0.2) is 50.5 Å². The topological polar surface area (TPSA) is 86.8 Å². The summed E-state index contributed by atoms with van der Waals surface area (Å²) in [6.07, 6.45) is 2.24. The summed E-state index contributed by atoms with van der Waals surface area (Å²) < 4.78 is 39.3. The molecule has 1 N–H and O–H groups in total. The Hall–Kier alpha value is -2.94. The number of benzene rings is 2. The average molecular weight is 492 g/mol. The Bertz CT molecular complexity index is 1060. The van der Waals surface area contributed by atoms with E-state index in [2.05, 4.69) is 5.32 Å². The summed E-state index contributed by atoms with van der Waals surface area (Å²) in [5.41, 5.74) is 2.25. The molecule has 2 amide bonds. The molecular weight excluding hydrogens is 457 g/mol. The van der Waals surface area contributed by atoms with E-state index in [1.54, 1.807) is 31.2 Å². The molecule has 0 saturated carbocycles. The summed E-state index contributed by atoms with van der Waals surface area (Å²) >= 11 is 0. The molecular formula is C25H34FN3O4S. The number of hydrogen-bond donors (Lipinski definition) is 1. The van der Waals surface area contributed by atoms with E-state index in [-0.39, 0.29) is 43.6 Å². The van der Waals surface area contributed by atoms with Gasteiger partial charge in [0, 0.05) is 26.1 Å². The Morgan fingerprint density at radius 3 is 2.24 bits per heavy atom. The molecule has 0 bridgehead atoms. The van der Waals surface area contributed by atoms with Gasteiger partial charge in [-0.05, 0) is 56.5 Å². The zero-order valence-corrected chi connectivity index (χ0v) is 21.1. The van der Waals surface area contributed by atoms with E-state index in [4.69, 9.17) is 0 Å². The van der Waals surface area contributed by atoms with Crippen LogP contribution in [-0.2, 0) is 26.2 Å². The lowest BCUT2D eigenvalue weighted by atomic mass is 10.1. The van der Waals surface area contributed by atoms with Crippen LogP contribution in [0.3, 0.4) is 0 Å². The normalized spacial score (nSPS) is 12.1. The van der Waals surface area contributed by atoms with E-state index in [9.17, 15) is 22.4 Å². The van der Waals surface area contributed by atoms with Crippen LogP contribution in [0.5, 0.6) is 0 Å². The van der Waals surface area contributed by atoms with Crippen molar-refractivity contribution in [1.82, 2.24) is 10.2 Å². The second kappa shape index (κ2) is 12.5. The van der Waals surface area contributed by atoms with E-state index in [1.807, 2.05) is 26.0 Å². The van der Waals surface area contributed by atoms with Gasteiger partial charge in [0.1, 0.15) is 11.9 Å². The number of rotatable bonds is 12. The van der Waals surface area contributed by atoms with E-state index >= 15 is 0 Å². The first-order valence-electron chi connectivity index (χ1n) is 11.4. The van der Waals surface area contributed by atoms with Crippen LogP contribution in [0, 0.1) is 12.7 Å². The van der Waals surface area contributed by atoms with Crippen LogP contribution in [0.25, 0.3) is 0 Å². The molecule has 1 unspecified atom stereocenters. The highest BCUT2D eigenvalue weighted by atomic mass is 32.2. The number of carbonyl (C=O) groups is 2. The van der Waals surface area contributed by atoms with Crippen molar-refractivity contribution in [3.05, 3.63) is 65.5 Å². The fraction of sp³-hybridized carbons (Fsp3) is 0.440. The summed E-state index contributed by atoms with van der Waals surface area (Å²) in [6, 6.07) is 12.2. The number of halogens is 1. The van der Waals surface area contributed by atoms with Crippen molar-refractivity contribution < 1.29 is 22.4 Å². The smallest absolute Gasteiger partial charge is 0.242 e. The van der Waals surface area contributed by atoms with Crippen LogP contribution in [0.1, 0.15) is 44.2 Å². The molecule has 0 aliphatic carbocycles. The third-order valence-corrected chi connectivity index (χ3v) is 6.65. The number of amides is 2. The number of hydrogen-bond acceptors (Lipinski definition) is 4. The van der Waals surface area contributed by atoms with Crippen LogP contribution < -0.4 is 9.62 Å². The molecule has 0 fully saturated rings. The Balaban J connectivity index is 2.13. The minimum absolute atomic E-state index is 0.0600. The fourth-order valence-electron chi connectivity index (χ4n) is 3.48. The third kappa shape index (κ3) is 8.13. The van der Waals surface area contributed by atoms with Gasteiger partial charge in [-0.15, -0.1) is 0 Å². The molecule has 1 atom stereocenters. The highest BCUT2D eigenvalue weighted by Gasteiger charge is 2.26. The minimum Gasteiger partial charge on any atom is -0.354 e. The second-order valence-electron chi connectivity index (χ2n) is 8.39. The van der Waals surface area contributed by atoms with Gasteiger partial charge in [0.2, 0.25) is 21.8 Å². The number of nitrogens with zero attached hydrogens (tertiary/aromatic N) is 2. The van der Waals surface area contributed by atoms with Crippen molar-refractivity contribution in [1.29, 1.82) is 0 Å². The predicted octanol–water partition coefficient (Wildman–Crippen LogP) is 3.62. The standard InChI is InChI=1S/C25H34FN3O4S/c1-5-16-27-25(31)20(3)28(18-21-10-12-22(26)13-11-21)24(30)7-6-17-29(34(4,32)33)23-14-8-19(2)9-15-23/h8-15,20H,5-7,16-18H2,1-4H3,(H,27,31). The molecule has 2 rings (SSSR count). The number of aryl methyl sites for hydroxylation is 1. The highest BCUT2D eigenvalue weighted by molar-refractivity contribution is 7.92. The SMILES string of the molecule is CCCNC(=O)C(C)N(Cc1ccc(F)cc1)C(=O)CCCN(c1ccc(C)cc1)S(C)(=O)=O. The zero-order valence-electron chi connectivity index (χ0n) is 20.3.